The Balaban J connectivity index is 3.12. The van der Waals surface area contributed by atoms with E-state index in [9.17, 15) is 0 Å². The van der Waals surface area contributed by atoms with Gasteiger partial charge in [0.05, 0.1) is 9.83 Å². The molecule has 0 atom stereocenters. The van der Waals surface area contributed by atoms with Gasteiger partial charge in [-0.1, -0.05) is 0 Å². The van der Waals surface area contributed by atoms with Gasteiger partial charge in [0.15, 0.2) is 4.67 Å². The van der Waals surface area contributed by atoms with Crippen molar-refractivity contribution < 1.29 is 4.42 Å². The largest absolute Gasteiger partial charge is 0.456 e. The topological polar surface area (TPSA) is 13.1 Å². The van der Waals surface area contributed by atoms with Crippen LogP contribution < -0.4 is 0 Å². The molecule has 38 valence electrons. The minimum Gasteiger partial charge on any atom is -0.456 e. The van der Waals surface area contributed by atoms with Crippen LogP contribution in [-0.2, 0) is 0 Å². The molecule has 0 aliphatic carbocycles. The minimum absolute atomic E-state index is 0.813. The SMILES string of the molecule is Brc1occc1I. The molecular formula is C4H2BrIO. The van der Waals surface area contributed by atoms with Crippen molar-refractivity contribution in [1.82, 2.24) is 0 Å². The molecule has 0 saturated carbocycles. The predicted molar refractivity (Wildman–Crippen MR) is 39.1 cm³/mol. The van der Waals surface area contributed by atoms with Gasteiger partial charge < -0.3 is 4.42 Å². The molecule has 3 heteroatoms. The maximum absolute atomic E-state index is 4.87. The molecule has 1 aromatic heterocycles. The number of rotatable bonds is 0. The maximum atomic E-state index is 4.87. The molecule has 1 aromatic rings. The van der Waals surface area contributed by atoms with Gasteiger partial charge in [-0.2, -0.15) is 0 Å². The van der Waals surface area contributed by atoms with Crippen LogP contribution in [-0.4, -0.2) is 0 Å². The minimum atomic E-state index is 0.813. The van der Waals surface area contributed by atoms with E-state index < -0.39 is 0 Å². The smallest absolute Gasteiger partial charge is 0.182 e. The summed E-state index contributed by atoms with van der Waals surface area (Å²) in [4.78, 5) is 0. The summed E-state index contributed by atoms with van der Waals surface area (Å²) >= 11 is 5.37. The Bertz CT molecular complexity index is 144. The number of furan rings is 1. The Hall–Kier alpha value is 0.490. The summed E-state index contributed by atoms with van der Waals surface area (Å²) in [7, 11) is 0. The molecule has 0 aliphatic heterocycles. The van der Waals surface area contributed by atoms with Crippen LogP contribution >= 0.6 is 38.5 Å². The van der Waals surface area contributed by atoms with Crippen LogP contribution in [0.3, 0.4) is 0 Å². The van der Waals surface area contributed by atoms with Gasteiger partial charge in [0, 0.05) is 0 Å². The Morgan fingerprint density at radius 1 is 1.71 bits per heavy atom. The van der Waals surface area contributed by atoms with Crippen LogP contribution in [0, 0.1) is 3.57 Å². The lowest BCUT2D eigenvalue weighted by Crippen LogP contribution is -1.53. The van der Waals surface area contributed by atoms with Crippen molar-refractivity contribution in [3.63, 3.8) is 0 Å². The van der Waals surface area contributed by atoms with Crippen LogP contribution in [0.15, 0.2) is 21.4 Å². The monoisotopic (exact) mass is 272 g/mol. The van der Waals surface area contributed by atoms with E-state index in [0.29, 0.717) is 0 Å². The molecule has 0 fully saturated rings. The van der Waals surface area contributed by atoms with E-state index in [-0.39, 0.29) is 0 Å². The van der Waals surface area contributed by atoms with Gasteiger partial charge in [-0.25, -0.2) is 0 Å². The summed E-state index contributed by atoms with van der Waals surface area (Å²) in [5.74, 6) is 0. The molecule has 1 nitrogen and oxygen atoms in total. The fourth-order valence-electron chi connectivity index (χ4n) is 0.275. The molecule has 0 N–H and O–H groups in total. The van der Waals surface area contributed by atoms with E-state index in [2.05, 4.69) is 38.5 Å². The Morgan fingerprint density at radius 3 is 2.57 bits per heavy atom. The van der Waals surface area contributed by atoms with Crippen molar-refractivity contribution in [2.24, 2.45) is 0 Å². The van der Waals surface area contributed by atoms with Crippen molar-refractivity contribution >= 4 is 38.5 Å². The van der Waals surface area contributed by atoms with Gasteiger partial charge >= 0.3 is 0 Å². The van der Waals surface area contributed by atoms with Crippen molar-refractivity contribution in [3.8, 4) is 0 Å². The second-order valence-corrected chi connectivity index (χ2v) is 2.92. The molecule has 0 amide bonds. The molecular weight excluding hydrogens is 271 g/mol. The summed E-state index contributed by atoms with van der Waals surface area (Å²) in [5.41, 5.74) is 0. The first-order chi connectivity index (χ1) is 3.30. The highest BCUT2D eigenvalue weighted by Crippen LogP contribution is 2.18. The van der Waals surface area contributed by atoms with Crippen molar-refractivity contribution in [2.75, 3.05) is 0 Å². The molecule has 0 unspecified atom stereocenters. The summed E-state index contributed by atoms with van der Waals surface area (Å²) in [6.07, 6.45) is 1.64. The van der Waals surface area contributed by atoms with Crippen LogP contribution in [0.25, 0.3) is 0 Å². The Kier molecular flexibility index (Phi) is 1.74. The molecule has 0 saturated heterocycles. The van der Waals surface area contributed by atoms with Crippen molar-refractivity contribution in [3.05, 3.63) is 20.6 Å². The molecule has 1 heterocycles. The summed E-state index contributed by atoms with van der Waals surface area (Å²) in [6, 6.07) is 1.89. The first-order valence-electron chi connectivity index (χ1n) is 1.69. The van der Waals surface area contributed by atoms with E-state index in [1.165, 1.54) is 0 Å². The third-order valence-corrected chi connectivity index (χ3v) is 2.78. The fourth-order valence-corrected chi connectivity index (χ4v) is 0.789. The van der Waals surface area contributed by atoms with Gasteiger partial charge in [-0.15, -0.1) is 0 Å². The predicted octanol–water partition coefficient (Wildman–Crippen LogP) is 2.65. The number of hydrogen-bond donors (Lipinski definition) is 0. The first-order valence-corrected chi connectivity index (χ1v) is 3.56. The summed E-state index contributed by atoms with van der Waals surface area (Å²) in [6.45, 7) is 0. The van der Waals surface area contributed by atoms with Gasteiger partial charge in [0.25, 0.3) is 0 Å². The van der Waals surface area contributed by atoms with Gasteiger partial charge in [-0.05, 0) is 44.6 Å². The lowest BCUT2D eigenvalue weighted by atomic mass is 10.7. The van der Waals surface area contributed by atoms with Gasteiger partial charge in [0.1, 0.15) is 0 Å². The van der Waals surface area contributed by atoms with Gasteiger partial charge in [-0.3, -0.25) is 0 Å². The van der Waals surface area contributed by atoms with Crippen molar-refractivity contribution in [2.45, 2.75) is 0 Å². The van der Waals surface area contributed by atoms with E-state index in [0.717, 1.165) is 8.24 Å². The highest BCUT2D eigenvalue weighted by atomic mass is 127. The average Bonchev–Trinajstić information content (AvgIpc) is 1.91. The maximum Gasteiger partial charge on any atom is 0.182 e. The molecule has 7 heavy (non-hydrogen) atoms. The second-order valence-electron chi connectivity index (χ2n) is 1.04. The number of hydrogen-bond acceptors (Lipinski definition) is 1. The zero-order valence-electron chi connectivity index (χ0n) is 3.32. The van der Waals surface area contributed by atoms with E-state index in [4.69, 9.17) is 4.42 Å². The Labute approximate surface area is 63.4 Å². The molecule has 0 aromatic carbocycles. The van der Waals surface area contributed by atoms with Crippen LogP contribution in [0.1, 0.15) is 0 Å². The van der Waals surface area contributed by atoms with E-state index in [1.807, 2.05) is 6.07 Å². The van der Waals surface area contributed by atoms with Crippen LogP contribution in [0.5, 0.6) is 0 Å². The molecule has 0 spiro atoms. The fraction of sp³-hybridized carbons (Fsp3) is 0. The summed E-state index contributed by atoms with van der Waals surface area (Å²) in [5, 5.41) is 0. The Morgan fingerprint density at radius 2 is 2.43 bits per heavy atom. The zero-order chi connectivity index (χ0) is 5.28. The highest BCUT2D eigenvalue weighted by molar-refractivity contribution is 14.1. The molecule has 0 bridgehead atoms. The third-order valence-electron chi connectivity index (χ3n) is 0.574. The normalized spacial score (nSPS) is 9.43. The molecule has 0 aliphatic rings. The zero-order valence-corrected chi connectivity index (χ0v) is 7.06. The standard InChI is InChI=1S/C4H2BrIO/c5-4-3(6)1-2-7-4/h1-2H. The number of halogens is 2. The van der Waals surface area contributed by atoms with Crippen molar-refractivity contribution in [1.29, 1.82) is 0 Å². The molecule has 1 rings (SSSR count). The lowest BCUT2D eigenvalue weighted by molar-refractivity contribution is 0.539. The van der Waals surface area contributed by atoms with Gasteiger partial charge in [0.2, 0.25) is 0 Å². The lowest BCUT2D eigenvalue weighted by Gasteiger charge is -1.74. The molecule has 0 radical (unpaired) electrons. The van der Waals surface area contributed by atoms with Crippen LogP contribution in [0.2, 0.25) is 0 Å². The quantitative estimate of drug-likeness (QED) is 0.662. The first kappa shape index (κ1) is 5.62. The summed E-state index contributed by atoms with van der Waals surface area (Å²) < 4.78 is 6.80. The second kappa shape index (κ2) is 2.17. The average molecular weight is 273 g/mol. The van der Waals surface area contributed by atoms with Crippen LogP contribution in [0.4, 0.5) is 0 Å². The van der Waals surface area contributed by atoms with E-state index >= 15 is 0 Å². The van der Waals surface area contributed by atoms with E-state index in [1.54, 1.807) is 6.26 Å². The highest BCUT2D eigenvalue weighted by Gasteiger charge is 1.93. The third kappa shape index (κ3) is 1.19.